The van der Waals surface area contributed by atoms with Gasteiger partial charge in [-0.25, -0.2) is 18.6 Å². The lowest BCUT2D eigenvalue weighted by Crippen LogP contribution is -2.30. The maximum atomic E-state index is 14.5. The van der Waals surface area contributed by atoms with Gasteiger partial charge in [-0.05, 0) is 55.7 Å². The molecule has 1 aliphatic heterocycles. The van der Waals surface area contributed by atoms with Crippen LogP contribution in [0, 0.1) is 18.6 Å². The molecule has 10 nitrogen and oxygen atoms in total. The number of aromatic amines is 1. The van der Waals surface area contributed by atoms with Crippen LogP contribution in [0.3, 0.4) is 0 Å². The predicted octanol–water partition coefficient (Wildman–Crippen LogP) is 5.01. The molecule has 4 rings (SSSR count). The first-order chi connectivity index (χ1) is 19.2. The van der Waals surface area contributed by atoms with E-state index in [-0.39, 0.29) is 54.3 Å². The molecule has 0 aliphatic carbocycles. The van der Waals surface area contributed by atoms with Gasteiger partial charge in [0.25, 0.3) is 5.91 Å². The topological polar surface area (TPSA) is 145 Å². The Morgan fingerprint density at radius 1 is 1.20 bits per heavy atom. The number of anilines is 2. The molecule has 210 valence electrons. The second-order valence-electron chi connectivity index (χ2n) is 8.95. The van der Waals surface area contributed by atoms with Crippen LogP contribution in [0.2, 0.25) is 5.15 Å². The van der Waals surface area contributed by atoms with E-state index in [1.165, 1.54) is 19.1 Å². The van der Waals surface area contributed by atoms with E-state index in [2.05, 4.69) is 25.9 Å². The molecule has 0 fully saturated rings. The van der Waals surface area contributed by atoms with E-state index in [1.807, 2.05) is 0 Å². The van der Waals surface area contributed by atoms with Gasteiger partial charge in [0.15, 0.2) is 0 Å². The number of aryl methyl sites for hydroxylation is 1. The molecule has 0 saturated heterocycles. The quantitative estimate of drug-likeness (QED) is 0.271. The molecule has 2 aromatic carbocycles. The standard InChI is InChI=1S/C27H26ClF2N5O5/c1-14-11-17(29)22(18(30)12-14)26(38)33-19-5-3-2-4-6-21(37)32-20-13-15(31-27(39)40-10-9-36)7-8-16(20)23-24(28)35-25(19)34-23/h2-3,7-8,11-13,19,36H,4-6,9-10H2,1H3,(H,31,39)(H,32,37)(H,33,38)(H,34,35)/t19-/m0/s1. The van der Waals surface area contributed by atoms with Gasteiger partial charge in [-0.2, -0.15) is 0 Å². The van der Waals surface area contributed by atoms with Crippen molar-refractivity contribution in [3.8, 4) is 11.3 Å². The molecule has 0 saturated carbocycles. The lowest BCUT2D eigenvalue weighted by Gasteiger charge is -2.16. The number of hydrogen-bond donors (Lipinski definition) is 5. The van der Waals surface area contributed by atoms with E-state index in [9.17, 15) is 23.2 Å². The van der Waals surface area contributed by atoms with Gasteiger partial charge in [0.05, 0.1) is 18.3 Å². The Kier molecular flexibility index (Phi) is 9.12. The fourth-order valence-electron chi connectivity index (χ4n) is 4.10. The van der Waals surface area contributed by atoms with Gasteiger partial charge in [0.1, 0.15) is 40.5 Å². The largest absolute Gasteiger partial charge is 0.447 e. The number of imidazole rings is 1. The van der Waals surface area contributed by atoms with Crippen LogP contribution in [-0.2, 0) is 9.53 Å². The first kappa shape index (κ1) is 28.7. The SMILES string of the molecule is Cc1cc(F)c(C(=O)N[C@H]2CC=CCCC(=O)Nc3cc(NC(=O)OCCO)ccc3-c3nc2[nH]c3Cl)c(F)c1. The number of benzene rings is 2. The molecule has 13 heteroatoms. The van der Waals surface area contributed by atoms with Crippen molar-refractivity contribution < 1.29 is 33.0 Å². The third kappa shape index (κ3) is 6.82. The van der Waals surface area contributed by atoms with E-state index in [4.69, 9.17) is 21.4 Å². The maximum Gasteiger partial charge on any atom is 0.411 e. The normalized spacial score (nSPS) is 15.1. The van der Waals surface area contributed by atoms with Crippen molar-refractivity contribution in [2.75, 3.05) is 23.8 Å². The van der Waals surface area contributed by atoms with Crippen LogP contribution in [0.5, 0.6) is 0 Å². The summed E-state index contributed by atoms with van der Waals surface area (Å²) in [6.45, 7) is 0.992. The average molecular weight is 574 g/mol. The Bertz CT molecular complexity index is 1450. The Balaban J connectivity index is 1.69. The Labute approximate surface area is 232 Å². The van der Waals surface area contributed by atoms with Gasteiger partial charge in [0.2, 0.25) is 5.91 Å². The third-order valence-electron chi connectivity index (χ3n) is 5.92. The minimum Gasteiger partial charge on any atom is -0.447 e. The smallest absolute Gasteiger partial charge is 0.411 e. The first-order valence-corrected chi connectivity index (χ1v) is 12.7. The second kappa shape index (κ2) is 12.7. The molecule has 3 amide bonds. The van der Waals surface area contributed by atoms with Crippen LogP contribution < -0.4 is 16.0 Å². The zero-order valence-electron chi connectivity index (χ0n) is 21.3. The molecular formula is C27H26ClF2N5O5. The lowest BCUT2D eigenvalue weighted by atomic mass is 10.1. The average Bonchev–Trinajstić information content (AvgIpc) is 3.27. The van der Waals surface area contributed by atoms with Gasteiger partial charge in [0, 0.05) is 17.7 Å². The summed E-state index contributed by atoms with van der Waals surface area (Å²) in [5.41, 5.74) is 0.844. The summed E-state index contributed by atoms with van der Waals surface area (Å²) in [5, 5.41) is 16.8. The molecule has 3 aromatic rings. The van der Waals surface area contributed by atoms with Crippen molar-refractivity contribution in [3.05, 3.63) is 76.2 Å². The van der Waals surface area contributed by atoms with Crippen LogP contribution in [-0.4, -0.2) is 46.2 Å². The summed E-state index contributed by atoms with van der Waals surface area (Å²) in [7, 11) is 0. The van der Waals surface area contributed by atoms with Crippen LogP contribution in [0.4, 0.5) is 25.0 Å². The molecule has 0 spiro atoms. The minimum atomic E-state index is -0.989. The minimum absolute atomic E-state index is 0.0848. The molecule has 1 atom stereocenters. The highest BCUT2D eigenvalue weighted by Crippen LogP contribution is 2.35. The molecule has 2 heterocycles. The highest BCUT2D eigenvalue weighted by Gasteiger charge is 2.25. The second-order valence-corrected chi connectivity index (χ2v) is 9.33. The van der Waals surface area contributed by atoms with Gasteiger partial charge in [-0.1, -0.05) is 23.8 Å². The molecule has 0 unspecified atom stereocenters. The van der Waals surface area contributed by atoms with E-state index in [0.717, 1.165) is 12.1 Å². The van der Waals surface area contributed by atoms with Gasteiger partial charge >= 0.3 is 6.09 Å². The fourth-order valence-corrected chi connectivity index (χ4v) is 4.34. The highest BCUT2D eigenvalue weighted by molar-refractivity contribution is 6.32. The van der Waals surface area contributed by atoms with Crippen LogP contribution >= 0.6 is 11.6 Å². The van der Waals surface area contributed by atoms with Gasteiger partial charge in [-0.3, -0.25) is 14.9 Å². The number of aromatic nitrogens is 2. The first-order valence-electron chi connectivity index (χ1n) is 12.3. The van der Waals surface area contributed by atoms with Crippen molar-refractivity contribution in [2.24, 2.45) is 0 Å². The molecular weight excluding hydrogens is 548 g/mol. The number of amides is 3. The van der Waals surface area contributed by atoms with Gasteiger partial charge < -0.3 is 25.5 Å². The fraction of sp³-hybridized carbons (Fsp3) is 0.259. The van der Waals surface area contributed by atoms with Crippen molar-refractivity contribution >= 4 is 40.9 Å². The van der Waals surface area contributed by atoms with Crippen molar-refractivity contribution in [3.63, 3.8) is 0 Å². The summed E-state index contributed by atoms with van der Waals surface area (Å²) >= 11 is 6.49. The molecule has 2 bridgehead atoms. The van der Waals surface area contributed by atoms with Crippen molar-refractivity contribution in [2.45, 2.75) is 32.2 Å². The molecule has 40 heavy (non-hydrogen) atoms. The molecule has 1 aliphatic rings. The third-order valence-corrected chi connectivity index (χ3v) is 6.20. The summed E-state index contributed by atoms with van der Waals surface area (Å²) in [5.74, 6) is -3.04. The van der Waals surface area contributed by atoms with E-state index < -0.39 is 35.2 Å². The van der Waals surface area contributed by atoms with E-state index in [0.29, 0.717) is 23.2 Å². The van der Waals surface area contributed by atoms with E-state index in [1.54, 1.807) is 18.2 Å². The predicted molar refractivity (Wildman–Crippen MR) is 144 cm³/mol. The molecule has 0 radical (unpaired) electrons. The zero-order chi connectivity index (χ0) is 28.8. The van der Waals surface area contributed by atoms with Crippen LogP contribution in [0.15, 0.2) is 42.5 Å². The number of rotatable bonds is 5. The number of aliphatic hydroxyl groups excluding tert-OH is 1. The number of carbonyl (C=O) groups is 3. The van der Waals surface area contributed by atoms with Crippen molar-refractivity contribution in [1.29, 1.82) is 0 Å². The van der Waals surface area contributed by atoms with Crippen LogP contribution in [0.1, 0.15) is 47.1 Å². The van der Waals surface area contributed by atoms with Crippen molar-refractivity contribution in [1.82, 2.24) is 15.3 Å². The lowest BCUT2D eigenvalue weighted by molar-refractivity contribution is -0.116. The molecule has 5 N–H and O–H groups in total. The number of nitrogens with one attached hydrogen (secondary N) is 4. The number of aliphatic hydroxyl groups is 1. The van der Waals surface area contributed by atoms with E-state index >= 15 is 0 Å². The highest BCUT2D eigenvalue weighted by atomic mass is 35.5. The molecule has 1 aromatic heterocycles. The Morgan fingerprint density at radius 3 is 2.67 bits per heavy atom. The van der Waals surface area contributed by atoms with Crippen LogP contribution in [0.25, 0.3) is 11.3 Å². The Hall–Kier alpha value is -4.29. The number of carbonyl (C=O) groups excluding carboxylic acids is 3. The number of ether oxygens (including phenoxy) is 1. The monoisotopic (exact) mass is 573 g/mol. The summed E-state index contributed by atoms with van der Waals surface area (Å²) in [6.07, 6.45) is 3.36. The Morgan fingerprint density at radius 2 is 1.95 bits per heavy atom. The maximum absolute atomic E-state index is 14.5. The van der Waals surface area contributed by atoms with Gasteiger partial charge in [-0.15, -0.1) is 0 Å². The zero-order valence-corrected chi connectivity index (χ0v) is 22.1. The number of H-pyrrole nitrogens is 1. The number of nitrogens with zero attached hydrogens (tertiary/aromatic N) is 1. The number of halogens is 3. The summed E-state index contributed by atoms with van der Waals surface area (Å²) < 4.78 is 33.8. The number of hydrogen-bond acceptors (Lipinski definition) is 6. The number of allylic oxidation sites excluding steroid dienone is 1. The summed E-state index contributed by atoms with van der Waals surface area (Å²) in [4.78, 5) is 45.0. The summed E-state index contributed by atoms with van der Waals surface area (Å²) in [6, 6.07) is 5.91. The number of fused-ring (bicyclic) bond motifs is 4.